The molecule has 2 aliphatic rings. The molecule has 0 radical (unpaired) electrons. The number of β-amino-alcohol motifs (C(OH)–C–C–N with tert-alkyl or cyclic N) is 1. The lowest BCUT2D eigenvalue weighted by Gasteiger charge is -2.37. The molecular formula is C18H26N4O3. The Kier molecular flexibility index (Phi) is 4.96. The average Bonchev–Trinajstić information content (AvgIpc) is 3.00. The fourth-order valence-electron chi connectivity index (χ4n) is 3.36. The number of urea groups is 1. The van der Waals surface area contributed by atoms with Gasteiger partial charge in [-0.2, -0.15) is 0 Å². The van der Waals surface area contributed by atoms with E-state index in [-0.39, 0.29) is 11.9 Å². The number of rotatable bonds is 4. The molecule has 0 spiro atoms. The van der Waals surface area contributed by atoms with Crippen LogP contribution in [0.4, 0.5) is 10.5 Å². The second-order valence-electron chi connectivity index (χ2n) is 7.31. The monoisotopic (exact) mass is 346 g/mol. The third-order valence-electron chi connectivity index (χ3n) is 4.53. The standard InChI is InChI=1S/C18H26N4O3/c1-18(2,25)13-20-8-10-21(11-9-20)16(23)14-4-3-5-15(12-14)22-7-6-19-17(22)24/h3-5,12,25H,6-11,13H2,1-2H3,(H,19,24). The first-order valence-electron chi connectivity index (χ1n) is 8.73. The van der Waals surface area contributed by atoms with E-state index in [0.29, 0.717) is 38.3 Å². The van der Waals surface area contributed by atoms with Gasteiger partial charge in [0, 0.05) is 57.1 Å². The van der Waals surface area contributed by atoms with Crippen molar-refractivity contribution in [1.29, 1.82) is 0 Å². The highest BCUT2D eigenvalue weighted by Crippen LogP contribution is 2.20. The van der Waals surface area contributed by atoms with Gasteiger partial charge >= 0.3 is 6.03 Å². The van der Waals surface area contributed by atoms with Crippen LogP contribution < -0.4 is 10.2 Å². The minimum Gasteiger partial charge on any atom is -0.389 e. The number of nitrogens with zero attached hydrogens (tertiary/aromatic N) is 3. The topological polar surface area (TPSA) is 76.1 Å². The second-order valence-corrected chi connectivity index (χ2v) is 7.31. The van der Waals surface area contributed by atoms with Gasteiger partial charge in [-0.15, -0.1) is 0 Å². The van der Waals surface area contributed by atoms with Gasteiger partial charge in [0.1, 0.15) is 0 Å². The van der Waals surface area contributed by atoms with E-state index in [4.69, 9.17) is 0 Å². The fraction of sp³-hybridized carbons (Fsp3) is 0.556. The van der Waals surface area contributed by atoms with Gasteiger partial charge in [0.25, 0.3) is 5.91 Å². The lowest BCUT2D eigenvalue weighted by Crippen LogP contribution is -2.52. The smallest absolute Gasteiger partial charge is 0.321 e. The molecular weight excluding hydrogens is 320 g/mol. The highest BCUT2D eigenvalue weighted by Gasteiger charge is 2.26. The molecule has 7 heteroatoms. The zero-order valence-corrected chi connectivity index (χ0v) is 14.9. The maximum Gasteiger partial charge on any atom is 0.321 e. The Morgan fingerprint density at radius 2 is 1.92 bits per heavy atom. The number of benzene rings is 1. The van der Waals surface area contributed by atoms with Crippen molar-refractivity contribution in [2.75, 3.05) is 50.7 Å². The lowest BCUT2D eigenvalue weighted by atomic mass is 10.1. The van der Waals surface area contributed by atoms with E-state index in [0.717, 1.165) is 18.8 Å². The molecule has 0 saturated carbocycles. The molecule has 3 rings (SSSR count). The summed E-state index contributed by atoms with van der Waals surface area (Å²) in [5, 5.41) is 12.7. The van der Waals surface area contributed by atoms with Gasteiger partial charge in [-0.05, 0) is 32.0 Å². The molecule has 3 amide bonds. The van der Waals surface area contributed by atoms with E-state index in [2.05, 4.69) is 10.2 Å². The van der Waals surface area contributed by atoms with E-state index in [1.54, 1.807) is 30.9 Å². The van der Waals surface area contributed by atoms with Crippen LogP contribution in [0.25, 0.3) is 0 Å². The first kappa shape index (κ1) is 17.7. The summed E-state index contributed by atoms with van der Waals surface area (Å²) in [5.74, 6) is -0.00985. The molecule has 25 heavy (non-hydrogen) atoms. The lowest BCUT2D eigenvalue weighted by molar-refractivity contribution is 0.0178. The fourth-order valence-corrected chi connectivity index (χ4v) is 3.36. The Bertz CT molecular complexity index is 648. The van der Waals surface area contributed by atoms with Crippen molar-refractivity contribution in [3.05, 3.63) is 29.8 Å². The maximum atomic E-state index is 12.8. The molecule has 2 fully saturated rings. The number of piperazine rings is 1. The summed E-state index contributed by atoms with van der Waals surface area (Å²) >= 11 is 0. The predicted molar refractivity (Wildman–Crippen MR) is 95.8 cm³/mol. The second kappa shape index (κ2) is 7.01. The zero-order valence-electron chi connectivity index (χ0n) is 14.9. The summed E-state index contributed by atoms with van der Waals surface area (Å²) in [7, 11) is 0. The predicted octanol–water partition coefficient (Wildman–Crippen LogP) is 0.745. The first-order chi connectivity index (χ1) is 11.8. The third kappa shape index (κ3) is 4.29. The van der Waals surface area contributed by atoms with Gasteiger partial charge in [-0.1, -0.05) is 6.07 Å². The van der Waals surface area contributed by atoms with Gasteiger partial charge in [-0.25, -0.2) is 4.79 Å². The van der Waals surface area contributed by atoms with Gasteiger partial charge in [0.15, 0.2) is 0 Å². The Balaban J connectivity index is 1.63. The van der Waals surface area contributed by atoms with Crippen LogP contribution >= 0.6 is 0 Å². The number of carbonyl (C=O) groups is 2. The van der Waals surface area contributed by atoms with Gasteiger partial charge < -0.3 is 15.3 Å². The molecule has 0 aromatic heterocycles. The van der Waals surface area contributed by atoms with Crippen LogP contribution in [0.3, 0.4) is 0 Å². The van der Waals surface area contributed by atoms with Crippen molar-refractivity contribution >= 4 is 17.6 Å². The molecule has 2 N–H and O–H groups in total. The zero-order chi connectivity index (χ0) is 18.0. The molecule has 2 heterocycles. The van der Waals surface area contributed by atoms with Crippen molar-refractivity contribution in [3.63, 3.8) is 0 Å². The SMILES string of the molecule is CC(C)(O)CN1CCN(C(=O)c2cccc(N3CCNC3=O)c2)CC1. The normalized spacial score (nSPS) is 19.2. The number of hydrogen-bond acceptors (Lipinski definition) is 4. The van der Waals surface area contributed by atoms with Crippen molar-refractivity contribution in [2.45, 2.75) is 19.4 Å². The molecule has 1 aromatic carbocycles. The Morgan fingerprint density at radius 3 is 2.52 bits per heavy atom. The van der Waals surface area contributed by atoms with Crippen LogP contribution in [-0.4, -0.2) is 78.3 Å². The van der Waals surface area contributed by atoms with Crippen LogP contribution in [-0.2, 0) is 0 Å². The molecule has 0 atom stereocenters. The number of carbonyl (C=O) groups excluding carboxylic acids is 2. The summed E-state index contributed by atoms with van der Waals surface area (Å²) < 4.78 is 0. The van der Waals surface area contributed by atoms with E-state index in [1.165, 1.54) is 0 Å². The molecule has 2 aliphatic heterocycles. The average molecular weight is 346 g/mol. The quantitative estimate of drug-likeness (QED) is 0.843. The van der Waals surface area contributed by atoms with Crippen molar-refractivity contribution in [2.24, 2.45) is 0 Å². The molecule has 0 aliphatic carbocycles. The van der Waals surface area contributed by atoms with Crippen LogP contribution in [0, 0.1) is 0 Å². The van der Waals surface area contributed by atoms with Gasteiger partial charge in [-0.3, -0.25) is 14.6 Å². The molecule has 2 saturated heterocycles. The van der Waals surface area contributed by atoms with E-state index < -0.39 is 5.60 Å². The summed E-state index contributed by atoms with van der Waals surface area (Å²) in [4.78, 5) is 30.2. The Labute approximate surface area is 148 Å². The Hall–Kier alpha value is -2.12. The number of amides is 3. The molecule has 1 aromatic rings. The van der Waals surface area contributed by atoms with E-state index in [9.17, 15) is 14.7 Å². The first-order valence-corrected chi connectivity index (χ1v) is 8.73. The highest BCUT2D eigenvalue weighted by atomic mass is 16.3. The number of hydrogen-bond donors (Lipinski definition) is 2. The number of aliphatic hydroxyl groups is 1. The molecule has 136 valence electrons. The largest absolute Gasteiger partial charge is 0.389 e. The number of anilines is 1. The van der Waals surface area contributed by atoms with Crippen molar-refractivity contribution in [3.8, 4) is 0 Å². The highest BCUT2D eigenvalue weighted by molar-refractivity contribution is 5.98. The van der Waals surface area contributed by atoms with Crippen molar-refractivity contribution in [1.82, 2.24) is 15.1 Å². The van der Waals surface area contributed by atoms with Gasteiger partial charge in [0.2, 0.25) is 0 Å². The van der Waals surface area contributed by atoms with E-state index in [1.807, 2.05) is 17.0 Å². The van der Waals surface area contributed by atoms with Crippen LogP contribution in [0.2, 0.25) is 0 Å². The number of nitrogens with one attached hydrogen (secondary N) is 1. The van der Waals surface area contributed by atoms with Crippen molar-refractivity contribution < 1.29 is 14.7 Å². The van der Waals surface area contributed by atoms with Gasteiger partial charge in [0.05, 0.1) is 5.60 Å². The minimum atomic E-state index is -0.725. The molecule has 0 unspecified atom stereocenters. The summed E-state index contributed by atoms with van der Waals surface area (Å²) in [6.07, 6.45) is 0. The third-order valence-corrected chi connectivity index (χ3v) is 4.53. The van der Waals surface area contributed by atoms with Crippen LogP contribution in [0.5, 0.6) is 0 Å². The van der Waals surface area contributed by atoms with E-state index >= 15 is 0 Å². The summed E-state index contributed by atoms with van der Waals surface area (Å²) in [6.45, 7) is 8.23. The van der Waals surface area contributed by atoms with Crippen LogP contribution in [0.15, 0.2) is 24.3 Å². The molecule has 0 bridgehead atoms. The van der Waals surface area contributed by atoms with Crippen LogP contribution in [0.1, 0.15) is 24.2 Å². The Morgan fingerprint density at radius 1 is 1.20 bits per heavy atom. The molecule has 7 nitrogen and oxygen atoms in total. The minimum absolute atomic E-state index is 0.00985. The summed E-state index contributed by atoms with van der Waals surface area (Å²) in [6, 6.07) is 7.13. The summed E-state index contributed by atoms with van der Waals surface area (Å²) in [5.41, 5.74) is 0.631. The maximum absolute atomic E-state index is 12.8.